The van der Waals surface area contributed by atoms with Crippen molar-refractivity contribution in [1.82, 2.24) is 5.32 Å². The van der Waals surface area contributed by atoms with Gasteiger partial charge in [-0.1, -0.05) is 0 Å². The lowest BCUT2D eigenvalue weighted by Gasteiger charge is -2.25. The molecule has 0 unspecified atom stereocenters. The second-order valence-electron chi connectivity index (χ2n) is 4.88. The third kappa shape index (κ3) is 3.66. The fourth-order valence-corrected chi connectivity index (χ4v) is 2.53. The summed E-state index contributed by atoms with van der Waals surface area (Å²) in [6, 6.07) is 2.84. The van der Waals surface area contributed by atoms with Crippen molar-refractivity contribution in [3.8, 4) is 0 Å². The summed E-state index contributed by atoms with van der Waals surface area (Å²) in [6.45, 7) is 0. The number of nitro groups is 1. The van der Waals surface area contributed by atoms with Crippen molar-refractivity contribution >= 4 is 23.2 Å². The number of hydrogen-bond acceptors (Lipinski definition) is 3. The van der Waals surface area contributed by atoms with Crippen LogP contribution in [0.4, 0.5) is 10.1 Å². The van der Waals surface area contributed by atoms with Crippen molar-refractivity contribution in [3.05, 3.63) is 39.7 Å². The molecule has 5 nitrogen and oxygen atoms in total. The minimum atomic E-state index is -0.797. The molecule has 1 fully saturated rings. The van der Waals surface area contributed by atoms with Crippen LogP contribution in [0.5, 0.6) is 0 Å². The Balaban J connectivity index is 2.07. The van der Waals surface area contributed by atoms with Crippen molar-refractivity contribution in [2.75, 3.05) is 0 Å². The van der Waals surface area contributed by atoms with Gasteiger partial charge in [-0.25, -0.2) is 4.39 Å². The summed E-state index contributed by atoms with van der Waals surface area (Å²) in [5.74, 6) is -1.29. The number of halogens is 2. The van der Waals surface area contributed by atoms with Crippen molar-refractivity contribution in [2.45, 2.75) is 37.1 Å². The molecule has 1 aliphatic rings. The smallest absolute Gasteiger partial charge is 0.273 e. The van der Waals surface area contributed by atoms with Crippen LogP contribution in [0, 0.1) is 15.9 Å². The van der Waals surface area contributed by atoms with Crippen molar-refractivity contribution in [1.29, 1.82) is 0 Å². The van der Waals surface area contributed by atoms with Gasteiger partial charge in [0, 0.05) is 23.0 Å². The van der Waals surface area contributed by atoms with Crippen molar-refractivity contribution < 1.29 is 14.1 Å². The summed E-state index contributed by atoms with van der Waals surface area (Å²) in [6.07, 6.45) is 3.15. The number of amides is 1. The van der Waals surface area contributed by atoms with E-state index >= 15 is 0 Å². The number of hydrogen-bond donors (Lipinski definition) is 1. The molecule has 1 saturated carbocycles. The van der Waals surface area contributed by atoms with E-state index in [1.165, 1.54) is 0 Å². The minimum Gasteiger partial charge on any atom is -0.349 e. The van der Waals surface area contributed by atoms with Crippen LogP contribution in [0.3, 0.4) is 0 Å². The zero-order valence-corrected chi connectivity index (χ0v) is 11.4. The van der Waals surface area contributed by atoms with E-state index in [4.69, 9.17) is 11.6 Å². The molecule has 0 bridgehead atoms. The Morgan fingerprint density at radius 2 is 1.95 bits per heavy atom. The maximum Gasteiger partial charge on any atom is 0.273 e. The molecule has 2 rings (SSSR count). The third-order valence-electron chi connectivity index (χ3n) is 3.35. The van der Waals surface area contributed by atoms with Gasteiger partial charge >= 0.3 is 0 Å². The summed E-state index contributed by atoms with van der Waals surface area (Å²) in [5, 5.41) is 13.5. The Kier molecular flexibility index (Phi) is 4.54. The highest BCUT2D eigenvalue weighted by Crippen LogP contribution is 2.23. The highest BCUT2D eigenvalue weighted by Gasteiger charge is 2.22. The number of nitrogens with one attached hydrogen (secondary N) is 1. The molecule has 1 aromatic rings. The van der Waals surface area contributed by atoms with Crippen LogP contribution in [0.25, 0.3) is 0 Å². The lowest BCUT2D eigenvalue weighted by atomic mass is 9.95. The van der Waals surface area contributed by atoms with Gasteiger partial charge in [0.15, 0.2) is 0 Å². The van der Waals surface area contributed by atoms with Gasteiger partial charge in [0.25, 0.3) is 11.6 Å². The van der Waals surface area contributed by atoms with Gasteiger partial charge in [0.2, 0.25) is 0 Å². The highest BCUT2D eigenvalue weighted by molar-refractivity contribution is 6.20. The fraction of sp³-hybridized carbons (Fsp3) is 0.462. The zero-order chi connectivity index (χ0) is 14.7. The Morgan fingerprint density at radius 1 is 1.30 bits per heavy atom. The minimum absolute atomic E-state index is 0.0141. The van der Waals surface area contributed by atoms with E-state index in [-0.39, 0.29) is 17.0 Å². The van der Waals surface area contributed by atoms with Crippen molar-refractivity contribution in [2.24, 2.45) is 0 Å². The van der Waals surface area contributed by atoms with Gasteiger partial charge < -0.3 is 5.32 Å². The number of nitro benzene ring substituents is 1. The molecular weight excluding hydrogens is 287 g/mol. The van der Waals surface area contributed by atoms with E-state index in [1.807, 2.05) is 0 Å². The molecule has 108 valence electrons. The van der Waals surface area contributed by atoms with Crippen LogP contribution < -0.4 is 5.32 Å². The van der Waals surface area contributed by atoms with Crippen LogP contribution in [-0.2, 0) is 0 Å². The Labute approximate surface area is 120 Å². The Hall–Kier alpha value is -1.69. The van der Waals surface area contributed by atoms with Gasteiger partial charge in [0.05, 0.1) is 11.0 Å². The molecule has 1 aromatic carbocycles. The first-order valence-corrected chi connectivity index (χ1v) is 6.79. The number of carbonyl (C=O) groups excluding carboxylic acids is 1. The maximum absolute atomic E-state index is 13.3. The van der Waals surface area contributed by atoms with Crippen molar-refractivity contribution in [3.63, 3.8) is 0 Å². The second kappa shape index (κ2) is 6.17. The first-order valence-electron chi connectivity index (χ1n) is 6.35. The van der Waals surface area contributed by atoms with E-state index in [1.54, 1.807) is 0 Å². The molecule has 0 spiro atoms. The molecule has 0 aliphatic heterocycles. The van der Waals surface area contributed by atoms with Gasteiger partial charge in [-0.05, 0) is 31.7 Å². The molecule has 0 heterocycles. The first kappa shape index (κ1) is 14.7. The summed E-state index contributed by atoms with van der Waals surface area (Å²) in [4.78, 5) is 21.9. The number of benzene rings is 1. The predicted molar refractivity (Wildman–Crippen MR) is 72.4 cm³/mol. The Bertz CT molecular complexity index is 530. The lowest BCUT2D eigenvalue weighted by molar-refractivity contribution is -0.385. The predicted octanol–water partition coefficient (Wildman–Crippen LogP) is 3.01. The average Bonchev–Trinajstić information content (AvgIpc) is 2.40. The molecule has 0 radical (unpaired) electrons. The normalized spacial score (nSPS) is 22.3. The molecule has 0 aromatic heterocycles. The maximum atomic E-state index is 13.3. The Morgan fingerprint density at radius 3 is 2.55 bits per heavy atom. The van der Waals surface area contributed by atoms with E-state index < -0.39 is 22.3 Å². The first-order chi connectivity index (χ1) is 9.45. The fourth-order valence-electron chi connectivity index (χ4n) is 2.28. The van der Waals surface area contributed by atoms with E-state index in [0.29, 0.717) is 0 Å². The summed E-state index contributed by atoms with van der Waals surface area (Å²) in [5.41, 5.74) is -0.468. The molecule has 7 heteroatoms. The van der Waals surface area contributed by atoms with Gasteiger partial charge in [0.1, 0.15) is 5.82 Å². The summed E-state index contributed by atoms with van der Waals surface area (Å²) < 4.78 is 13.3. The van der Waals surface area contributed by atoms with Gasteiger partial charge in [-0.2, -0.15) is 0 Å². The molecule has 0 atom stereocenters. The quantitative estimate of drug-likeness (QED) is 0.530. The van der Waals surface area contributed by atoms with Crippen LogP contribution in [0.1, 0.15) is 36.0 Å². The van der Waals surface area contributed by atoms with Gasteiger partial charge in [-0.3, -0.25) is 14.9 Å². The largest absolute Gasteiger partial charge is 0.349 e. The number of carbonyl (C=O) groups is 1. The number of non-ortho nitro benzene ring substituents is 1. The standard InChI is InChI=1S/C13H14ClFN2O3/c14-9-1-3-11(4-2-9)16-13(18)8-5-10(15)7-12(6-8)17(19)20/h5-7,9,11H,1-4H2,(H,16,18). The van der Waals surface area contributed by atoms with Gasteiger partial charge in [-0.15, -0.1) is 11.6 Å². The van der Waals surface area contributed by atoms with Crippen LogP contribution in [0.15, 0.2) is 18.2 Å². The molecule has 1 aliphatic carbocycles. The molecule has 1 amide bonds. The monoisotopic (exact) mass is 300 g/mol. The SMILES string of the molecule is O=C(NC1CCC(Cl)CC1)c1cc(F)cc([N+](=O)[O-])c1. The summed E-state index contributed by atoms with van der Waals surface area (Å²) in [7, 11) is 0. The highest BCUT2D eigenvalue weighted by atomic mass is 35.5. The third-order valence-corrected chi connectivity index (χ3v) is 3.78. The average molecular weight is 301 g/mol. The molecule has 20 heavy (non-hydrogen) atoms. The van der Waals surface area contributed by atoms with E-state index in [9.17, 15) is 19.3 Å². The van der Waals surface area contributed by atoms with Crippen LogP contribution in [-0.4, -0.2) is 22.2 Å². The number of alkyl halides is 1. The number of rotatable bonds is 3. The number of nitrogens with zero attached hydrogens (tertiary/aromatic N) is 1. The van der Waals surface area contributed by atoms with E-state index in [2.05, 4.69) is 5.32 Å². The second-order valence-corrected chi connectivity index (χ2v) is 5.49. The molecule has 0 saturated heterocycles. The molecule has 1 N–H and O–H groups in total. The van der Waals surface area contributed by atoms with E-state index in [0.717, 1.165) is 43.9 Å². The van der Waals surface area contributed by atoms with Crippen LogP contribution >= 0.6 is 11.6 Å². The summed E-state index contributed by atoms with van der Waals surface area (Å²) >= 11 is 5.97. The van der Waals surface area contributed by atoms with Crippen LogP contribution in [0.2, 0.25) is 0 Å². The lowest BCUT2D eigenvalue weighted by Crippen LogP contribution is -2.37. The topological polar surface area (TPSA) is 72.2 Å². The molecular formula is C13H14ClFN2O3. The zero-order valence-electron chi connectivity index (χ0n) is 10.6.